The van der Waals surface area contributed by atoms with Crippen LogP contribution in [0.15, 0.2) is 18.2 Å². The van der Waals surface area contributed by atoms with Crippen molar-refractivity contribution >= 4 is 23.1 Å². The number of thioether (sulfide) groups is 1. The molecule has 0 radical (unpaired) electrons. The molecule has 1 aliphatic heterocycles. The van der Waals surface area contributed by atoms with Crippen LogP contribution in [-0.4, -0.2) is 32.1 Å². The van der Waals surface area contributed by atoms with E-state index in [-0.39, 0.29) is 0 Å². The molecule has 0 spiro atoms. The maximum Gasteiger partial charge on any atom is 0.0411 e. The molecule has 1 fully saturated rings. The van der Waals surface area contributed by atoms with Crippen molar-refractivity contribution in [1.29, 1.82) is 0 Å². The van der Waals surface area contributed by atoms with E-state index in [0.29, 0.717) is 0 Å². The van der Waals surface area contributed by atoms with Gasteiger partial charge in [0.1, 0.15) is 0 Å². The minimum Gasteiger partial charge on any atom is -0.385 e. The van der Waals surface area contributed by atoms with Crippen molar-refractivity contribution < 1.29 is 0 Å². The molecule has 0 amide bonds. The minimum atomic E-state index is 0.851. The molecule has 0 bridgehead atoms. The molecular formula is C14H22N2S. The molecule has 1 saturated heterocycles. The molecule has 1 N–H and O–H groups in total. The van der Waals surface area contributed by atoms with E-state index < -0.39 is 0 Å². The molecule has 0 saturated carbocycles. The van der Waals surface area contributed by atoms with Crippen LogP contribution in [0.3, 0.4) is 0 Å². The van der Waals surface area contributed by atoms with Crippen LogP contribution in [0.5, 0.6) is 0 Å². The molecule has 3 heteroatoms. The summed E-state index contributed by atoms with van der Waals surface area (Å²) in [6, 6.07) is 6.63. The quantitative estimate of drug-likeness (QED) is 0.883. The second kappa shape index (κ2) is 5.67. The lowest BCUT2D eigenvalue weighted by molar-refractivity contribution is 0.632. The Labute approximate surface area is 109 Å². The van der Waals surface area contributed by atoms with Gasteiger partial charge in [0, 0.05) is 32.0 Å². The van der Waals surface area contributed by atoms with Gasteiger partial charge in [-0.1, -0.05) is 6.07 Å². The third-order valence-electron chi connectivity index (χ3n) is 3.31. The van der Waals surface area contributed by atoms with Crippen molar-refractivity contribution in [2.75, 3.05) is 42.4 Å². The van der Waals surface area contributed by atoms with E-state index in [2.05, 4.69) is 61.2 Å². The summed E-state index contributed by atoms with van der Waals surface area (Å²) < 4.78 is 0. The summed E-state index contributed by atoms with van der Waals surface area (Å²) >= 11 is 2.08. The van der Waals surface area contributed by atoms with Crippen LogP contribution in [0.2, 0.25) is 0 Å². The largest absolute Gasteiger partial charge is 0.385 e. The van der Waals surface area contributed by atoms with E-state index in [1.807, 2.05) is 0 Å². The molecule has 1 heterocycles. The summed E-state index contributed by atoms with van der Waals surface area (Å²) in [7, 11) is 4.19. The molecule has 94 valence electrons. The summed E-state index contributed by atoms with van der Waals surface area (Å²) in [6.07, 6.45) is 1.37. The Morgan fingerprint density at radius 3 is 2.88 bits per heavy atom. The molecule has 17 heavy (non-hydrogen) atoms. The summed E-state index contributed by atoms with van der Waals surface area (Å²) in [5.74, 6) is 3.51. The Morgan fingerprint density at radius 1 is 1.41 bits per heavy atom. The van der Waals surface area contributed by atoms with Crippen molar-refractivity contribution in [3.63, 3.8) is 0 Å². The van der Waals surface area contributed by atoms with E-state index >= 15 is 0 Å². The van der Waals surface area contributed by atoms with Crippen molar-refractivity contribution in [2.24, 2.45) is 5.92 Å². The Kier molecular flexibility index (Phi) is 4.21. The SMILES string of the molecule is Cc1ccc(NCC2CCSC2)cc1N(C)C. The molecule has 1 unspecified atom stereocenters. The normalized spacial score (nSPS) is 19.4. The summed E-state index contributed by atoms with van der Waals surface area (Å²) in [6.45, 7) is 3.27. The van der Waals surface area contributed by atoms with Gasteiger partial charge in [0.2, 0.25) is 0 Å². The first kappa shape index (κ1) is 12.6. The van der Waals surface area contributed by atoms with Gasteiger partial charge in [-0.15, -0.1) is 0 Å². The molecule has 1 aliphatic rings. The molecule has 2 rings (SSSR count). The van der Waals surface area contributed by atoms with E-state index in [1.165, 1.54) is 34.9 Å². The molecule has 1 aromatic rings. The van der Waals surface area contributed by atoms with Crippen molar-refractivity contribution in [1.82, 2.24) is 0 Å². The average molecular weight is 250 g/mol. The second-order valence-electron chi connectivity index (χ2n) is 5.01. The van der Waals surface area contributed by atoms with Crippen LogP contribution in [0, 0.1) is 12.8 Å². The number of hydrogen-bond donors (Lipinski definition) is 1. The van der Waals surface area contributed by atoms with E-state index in [4.69, 9.17) is 0 Å². The van der Waals surface area contributed by atoms with Gasteiger partial charge in [0.05, 0.1) is 0 Å². The number of nitrogens with one attached hydrogen (secondary N) is 1. The monoisotopic (exact) mass is 250 g/mol. The highest BCUT2D eigenvalue weighted by molar-refractivity contribution is 7.99. The first-order valence-corrected chi connectivity index (χ1v) is 7.42. The van der Waals surface area contributed by atoms with E-state index in [1.54, 1.807) is 0 Å². The van der Waals surface area contributed by atoms with Gasteiger partial charge in [0.25, 0.3) is 0 Å². The summed E-state index contributed by atoms with van der Waals surface area (Å²) in [4.78, 5) is 2.17. The number of benzene rings is 1. The minimum absolute atomic E-state index is 0.851. The third-order valence-corrected chi connectivity index (χ3v) is 4.54. The van der Waals surface area contributed by atoms with Gasteiger partial charge in [0.15, 0.2) is 0 Å². The van der Waals surface area contributed by atoms with Crippen LogP contribution in [0.25, 0.3) is 0 Å². The zero-order valence-corrected chi connectivity index (χ0v) is 11.8. The predicted octanol–water partition coefficient (Wildman–Crippen LogP) is 3.23. The van der Waals surface area contributed by atoms with Crippen LogP contribution < -0.4 is 10.2 Å². The summed E-state index contributed by atoms with van der Waals surface area (Å²) in [5.41, 5.74) is 3.88. The Bertz CT molecular complexity index is 370. The molecule has 0 aromatic heterocycles. The van der Waals surface area contributed by atoms with Crippen molar-refractivity contribution in [2.45, 2.75) is 13.3 Å². The smallest absolute Gasteiger partial charge is 0.0411 e. The first-order valence-electron chi connectivity index (χ1n) is 6.26. The van der Waals surface area contributed by atoms with Gasteiger partial charge in [-0.3, -0.25) is 0 Å². The lowest BCUT2D eigenvalue weighted by Crippen LogP contribution is -2.14. The maximum atomic E-state index is 3.57. The first-order chi connectivity index (χ1) is 8.16. The van der Waals surface area contributed by atoms with E-state index in [9.17, 15) is 0 Å². The predicted molar refractivity (Wildman–Crippen MR) is 79.4 cm³/mol. The molecule has 0 aliphatic carbocycles. The van der Waals surface area contributed by atoms with Crippen LogP contribution in [-0.2, 0) is 0 Å². The number of hydrogen-bond acceptors (Lipinski definition) is 3. The zero-order valence-electron chi connectivity index (χ0n) is 11.0. The lowest BCUT2D eigenvalue weighted by atomic mass is 10.1. The second-order valence-corrected chi connectivity index (χ2v) is 6.16. The van der Waals surface area contributed by atoms with E-state index in [0.717, 1.165) is 12.5 Å². The fraction of sp³-hybridized carbons (Fsp3) is 0.571. The van der Waals surface area contributed by atoms with Crippen LogP contribution >= 0.6 is 11.8 Å². The Balaban J connectivity index is 1.98. The Morgan fingerprint density at radius 2 is 2.24 bits per heavy atom. The van der Waals surface area contributed by atoms with Gasteiger partial charge in [-0.25, -0.2) is 0 Å². The van der Waals surface area contributed by atoms with Crippen molar-refractivity contribution in [3.8, 4) is 0 Å². The molecule has 2 nitrogen and oxygen atoms in total. The standard InChI is InChI=1S/C14H22N2S/c1-11-4-5-13(8-14(11)16(2)3)15-9-12-6-7-17-10-12/h4-5,8,12,15H,6-7,9-10H2,1-3H3. The summed E-state index contributed by atoms with van der Waals surface area (Å²) in [5, 5.41) is 3.57. The molecule has 1 aromatic carbocycles. The highest BCUT2D eigenvalue weighted by Gasteiger charge is 2.14. The molecular weight excluding hydrogens is 228 g/mol. The fourth-order valence-corrected chi connectivity index (χ4v) is 3.49. The van der Waals surface area contributed by atoms with Crippen LogP contribution in [0.4, 0.5) is 11.4 Å². The van der Waals surface area contributed by atoms with Gasteiger partial charge < -0.3 is 10.2 Å². The third kappa shape index (κ3) is 3.32. The van der Waals surface area contributed by atoms with Gasteiger partial charge in [-0.05, 0) is 48.5 Å². The number of anilines is 2. The lowest BCUT2D eigenvalue weighted by Gasteiger charge is -2.18. The highest BCUT2D eigenvalue weighted by Crippen LogP contribution is 2.26. The Hall–Kier alpha value is -0.830. The molecule has 1 atom stereocenters. The average Bonchev–Trinajstić information content (AvgIpc) is 2.80. The maximum absolute atomic E-state index is 3.57. The number of aryl methyl sites for hydroxylation is 1. The van der Waals surface area contributed by atoms with Crippen molar-refractivity contribution in [3.05, 3.63) is 23.8 Å². The van der Waals surface area contributed by atoms with Gasteiger partial charge in [-0.2, -0.15) is 11.8 Å². The number of nitrogens with zero attached hydrogens (tertiary/aromatic N) is 1. The number of rotatable bonds is 4. The van der Waals surface area contributed by atoms with Crippen LogP contribution in [0.1, 0.15) is 12.0 Å². The highest BCUT2D eigenvalue weighted by atomic mass is 32.2. The zero-order chi connectivity index (χ0) is 12.3. The fourth-order valence-electron chi connectivity index (χ4n) is 2.21. The van der Waals surface area contributed by atoms with Gasteiger partial charge >= 0.3 is 0 Å². The topological polar surface area (TPSA) is 15.3 Å².